The lowest BCUT2D eigenvalue weighted by molar-refractivity contribution is 0.0115. The van der Waals surface area contributed by atoms with Gasteiger partial charge in [-0.1, -0.05) is 20.8 Å². The lowest BCUT2D eigenvalue weighted by Crippen LogP contribution is -2.57. The second-order valence-electron chi connectivity index (χ2n) is 8.02. The molecule has 3 unspecified atom stereocenters. The molecule has 2 aliphatic rings. The van der Waals surface area contributed by atoms with Crippen molar-refractivity contribution in [3.05, 3.63) is 0 Å². The predicted octanol–water partition coefficient (Wildman–Crippen LogP) is 2.44. The van der Waals surface area contributed by atoms with E-state index in [1.165, 1.54) is 0 Å². The summed E-state index contributed by atoms with van der Waals surface area (Å²) in [4.78, 5) is 13.2. The van der Waals surface area contributed by atoms with Crippen LogP contribution in [-0.4, -0.2) is 58.1 Å². The van der Waals surface area contributed by atoms with Crippen molar-refractivity contribution in [2.45, 2.75) is 75.9 Å². The fourth-order valence-electron chi connectivity index (χ4n) is 3.59. The SMILES string of the molecule is COCC12CCC(CC1O[Si](C)(C)C(C)(C)C)N2[B]C=O. The first-order chi connectivity index (χ1) is 9.68. The Kier molecular flexibility index (Phi) is 4.75. The molecule has 119 valence electrons. The van der Waals surface area contributed by atoms with Crippen LogP contribution >= 0.6 is 0 Å². The highest BCUT2D eigenvalue weighted by Crippen LogP contribution is 2.50. The van der Waals surface area contributed by atoms with Crippen LogP contribution in [0.4, 0.5) is 0 Å². The zero-order valence-electron chi connectivity index (χ0n) is 14.3. The van der Waals surface area contributed by atoms with Crippen LogP contribution in [0.2, 0.25) is 18.1 Å². The maximum absolute atomic E-state index is 11.0. The van der Waals surface area contributed by atoms with Gasteiger partial charge in [0.2, 0.25) is 0 Å². The molecule has 0 aromatic carbocycles. The molecule has 2 saturated heterocycles. The third-order valence-electron chi connectivity index (χ3n) is 5.76. The number of fused-ring (bicyclic) bond motifs is 2. The van der Waals surface area contributed by atoms with Crippen LogP contribution in [0, 0.1) is 0 Å². The highest BCUT2D eigenvalue weighted by Gasteiger charge is 2.59. The zero-order chi connectivity index (χ0) is 15.9. The minimum absolute atomic E-state index is 0.143. The number of carbonyl (C=O) groups is 1. The molecular formula is C15H29BNO3Si. The predicted molar refractivity (Wildman–Crippen MR) is 88.7 cm³/mol. The van der Waals surface area contributed by atoms with Crippen molar-refractivity contribution < 1.29 is 14.0 Å². The topological polar surface area (TPSA) is 38.8 Å². The van der Waals surface area contributed by atoms with Crippen LogP contribution < -0.4 is 0 Å². The number of hydrogen-bond acceptors (Lipinski definition) is 4. The third kappa shape index (κ3) is 2.88. The minimum atomic E-state index is -1.82. The largest absolute Gasteiger partial charge is 0.412 e. The molecule has 2 bridgehead atoms. The van der Waals surface area contributed by atoms with E-state index in [1.54, 1.807) is 14.5 Å². The third-order valence-corrected chi connectivity index (χ3v) is 10.2. The summed E-state index contributed by atoms with van der Waals surface area (Å²) in [6, 6.07) is 0.431. The van der Waals surface area contributed by atoms with Crippen LogP contribution in [-0.2, 0) is 14.0 Å². The Balaban J connectivity index is 2.23. The molecule has 0 spiro atoms. The molecule has 0 aromatic rings. The highest BCUT2D eigenvalue weighted by atomic mass is 28.4. The van der Waals surface area contributed by atoms with Crippen LogP contribution in [0.25, 0.3) is 0 Å². The lowest BCUT2D eigenvalue weighted by atomic mass is 9.83. The van der Waals surface area contributed by atoms with Crippen LogP contribution in [0.5, 0.6) is 0 Å². The van der Waals surface area contributed by atoms with E-state index in [4.69, 9.17) is 9.16 Å². The van der Waals surface area contributed by atoms with E-state index in [2.05, 4.69) is 38.7 Å². The smallest absolute Gasteiger partial charge is 0.294 e. The van der Waals surface area contributed by atoms with E-state index in [0.717, 1.165) is 25.4 Å². The normalized spacial score (nSPS) is 33.4. The second-order valence-corrected chi connectivity index (χ2v) is 12.8. The van der Waals surface area contributed by atoms with Crippen molar-refractivity contribution in [3.63, 3.8) is 0 Å². The molecule has 2 heterocycles. The summed E-state index contributed by atoms with van der Waals surface area (Å²) in [5, 5.41) is 0.197. The van der Waals surface area contributed by atoms with Crippen molar-refractivity contribution in [2.75, 3.05) is 13.7 Å². The van der Waals surface area contributed by atoms with Gasteiger partial charge in [0, 0.05) is 13.2 Å². The Morgan fingerprint density at radius 2 is 2.10 bits per heavy atom. The van der Waals surface area contributed by atoms with Crippen LogP contribution in [0.15, 0.2) is 0 Å². The molecular weight excluding hydrogens is 281 g/mol. The van der Waals surface area contributed by atoms with Crippen LogP contribution in [0.3, 0.4) is 0 Å². The van der Waals surface area contributed by atoms with Gasteiger partial charge >= 0.3 is 0 Å². The van der Waals surface area contributed by atoms with Crippen molar-refractivity contribution in [1.82, 2.24) is 4.81 Å². The first kappa shape index (κ1) is 17.2. The molecule has 0 aliphatic carbocycles. The summed E-state index contributed by atoms with van der Waals surface area (Å²) in [6.07, 6.45) is 4.27. The Labute approximate surface area is 130 Å². The van der Waals surface area contributed by atoms with Gasteiger partial charge in [0.15, 0.2) is 8.32 Å². The molecule has 0 amide bonds. The van der Waals surface area contributed by atoms with E-state index >= 15 is 0 Å². The highest BCUT2D eigenvalue weighted by molar-refractivity contribution is 6.74. The zero-order valence-corrected chi connectivity index (χ0v) is 15.3. The number of hydrogen-bond donors (Lipinski definition) is 0. The van der Waals surface area contributed by atoms with Gasteiger partial charge < -0.3 is 18.8 Å². The van der Waals surface area contributed by atoms with E-state index in [9.17, 15) is 4.79 Å². The minimum Gasteiger partial charge on any atom is -0.412 e. The fourth-order valence-corrected chi connectivity index (χ4v) is 4.97. The summed E-state index contributed by atoms with van der Waals surface area (Å²) in [7, 11) is 1.62. The number of carbonyl (C=O) groups excluding carboxylic acids is 1. The lowest BCUT2D eigenvalue weighted by Gasteiger charge is -2.45. The number of rotatable bonds is 6. The molecule has 0 aromatic heterocycles. The van der Waals surface area contributed by atoms with E-state index in [-0.39, 0.29) is 16.7 Å². The van der Waals surface area contributed by atoms with Gasteiger partial charge in [-0.05, 0) is 37.4 Å². The number of methoxy groups -OCH3 is 1. The summed E-state index contributed by atoms with van der Waals surface area (Å²) >= 11 is 0. The average molecular weight is 310 g/mol. The first-order valence-electron chi connectivity index (χ1n) is 7.92. The van der Waals surface area contributed by atoms with Gasteiger partial charge in [-0.3, -0.25) is 0 Å². The summed E-state index contributed by atoms with van der Waals surface area (Å²) in [6.45, 7) is 12.0. The average Bonchev–Trinajstić information content (AvgIpc) is 2.81. The fraction of sp³-hybridized carbons (Fsp3) is 0.933. The molecule has 2 aliphatic heterocycles. The number of ether oxygens (including phenoxy) is 1. The quantitative estimate of drug-likeness (QED) is 0.558. The monoisotopic (exact) mass is 310 g/mol. The standard InChI is InChI=1S/C15H29BNO3Si/c1-14(2,3)21(5,6)20-13-9-12-7-8-15(13,10-19-4)17(12)16-11-18/h11-13H,7-10H2,1-6H3. The van der Waals surface area contributed by atoms with Gasteiger partial charge in [0.05, 0.1) is 24.4 Å². The van der Waals surface area contributed by atoms with Crippen molar-refractivity contribution in [3.8, 4) is 0 Å². The van der Waals surface area contributed by atoms with Gasteiger partial charge in [-0.15, -0.1) is 0 Å². The number of nitrogens with zero attached hydrogens (tertiary/aromatic N) is 1. The van der Waals surface area contributed by atoms with Gasteiger partial charge in [0.25, 0.3) is 7.41 Å². The molecule has 21 heavy (non-hydrogen) atoms. The van der Waals surface area contributed by atoms with Crippen molar-refractivity contribution in [2.24, 2.45) is 0 Å². The summed E-state index contributed by atoms with van der Waals surface area (Å²) < 4.78 is 12.2. The second kappa shape index (κ2) is 5.80. The van der Waals surface area contributed by atoms with Crippen molar-refractivity contribution >= 4 is 21.9 Å². The Hall–Kier alpha value is -0.168. The molecule has 4 nitrogen and oxygen atoms in total. The van der Waals surface area contributed by atoms with Gasteiger partial charge in [0.1, 0.15) is 0 Å². The molecule has 1 radical (unpaired) electrons. The molecule has 2 fully saturated rings. The Morgan fingerprint density at radius 1 is 1.43 bits per heavy atom. The van der Waals surface area contributed by atoms with Gasteiger partial charge in [-0.2, -0.15) is 0 Å². The van der Waals surface area contributed by atoms with Crippen molar-refractivity contribution in [1.29, 1.82) is 0 Å². The van der Waals surface area contributed by atoms with E-state index in [0.29, 0.717) is 12.6 Å². The van der Waals surface area contributed by atoms with Crippen LogP contribution in [0.1, 0.15) is 40.0 Å². The van der Waals surface area contributed by atoms with E-state index < -0.39 is 8.32 Å². The van der Waals surface area contributed by atoms with E-state index in [1.807, 2.05) is 0 Å². The maximum atomic E-state index is 11.0. The molecule has 0 N–H and O–H groups in total. The first-order valence-corrected chi connectivity index (χ1v) is 10.8. The molecule has 0 saturated carbocycles. The Morgan fingerprint density at radius 3 is 2.62 bits per heavy atom. The summed E-state index contributed by atoms with van der Waals surface area (Å²) in [5.74, 6) is 0. The summed E-state index contributed by atoms with van der Waals surface area (Å²) in [5.41, 5.74) is -0.143. The molecule has 2 rings (SSSR count). The maximum Gasteiger partial charge on any atom is 0.294 e. The van der Waals surface area contributed by atoms with Gasteiger partial charge in [-0.25, -0.2) is 0 Å². The molecule has 3 atom stereocenters. The Bertz CT molecular complexity index is 399. The molecule has 6 heteroatoms.